The lowest BCUT2D eigenvalue weighted by Gasteiger charge is -2.16. The van der Waals surface area contributed by atoms with Crippen molar-refractivity contribution in [3.63, 3.8) is 0 Å². The SMILES string of the molecule is COC(=O)NCCc1ccc2c(c1)CCCC2. The van der Waals surface area contributed by atoms with Gasteiger partial charge >= 0.3 is 6.09 Å². The second kappa shape index (κ2) is 5.71. The molecule has 1 amide bonds. The summed E-state index contributed by atoms with van der Waals surface area (Å²) < 4.78 is 4.53. The van der Waals surface area contributed by atoms with Gasteiger partial charge in [0.05, 0.1) is 7.11 Å². The fourth-order valence-corrected chi connectivity index (χ4v) is 2.32. The van der Waals surface area contributed by atoms with E-state index in [1.165, 1.54) is 49.5 Å². The van der Waals surface area contributed by atoms with Crippen LogP contribution in [0.1, 0.15) is 29.5 Å². The van der Waals surface area contributed by atoms with Crippen LogP contribution in [0.3, 0.4) is 0 Å². The maximum atomic E-state index is 10.9. The van der Waals surface area contributed by atoms with E-state index >= 15 is 0 Å². The third-order valence-electron chi connectivity index (χ3n) is 3.28. The predicted octanol–water partition coefficient (Wildman–Crippen LogP) is 2.46. The van der Waals surface area contributed by atoms with Crippen LogP contribution in [-0.2, 0) is 24.0 Å². The Morgan fingerprint density at radius 2 is 2.06 bits per heavy atom. The van der Waals surface area contributed by atoms with Crippen molar-refractivity contribution < 1.29 is 9.53 Å². The lowest BCUT2D eigenvalue weighted by atomic mass is 9.90. The van der Waals surface area contributed by atoms with Crippen LogP contribution < -0.4 is 5.32 Å². The zero-order valence-electron chi connectivity index (χ0n) is 10.3. The molecule has 0 radical (unpaired) electrons. The molecule has 1 aromatic carbocycles. The van der Waals surface area contributed by atoms with Crippen LogP contribution in [0.15, 0.2) is 18.2 Å². The first kappa shape index (κ1) is 12.0. The number of ether oxygens (including phenoxy) is 1. The predicted molar refractivity (Wildman–Crippen MR) is 67.2 cm³/mol. The van der Waals surface area contributed by atoms with Gasteiger partial charge in [-0.2, -0.15) is 0 Å². The maximum Gasteiger partial charge on any atom is 0.406 e. The number of amides is 1. The van der Waals surface area contributed by atoms with Crippen molar-refractivity contribution in [3.05, 3.63) is 34.9 Å². The van der Waals surface area contributed by atoms with Gasteiger partial charge < -0.3 is 10.1 Å². The van der Waals surface area contributed by atoms with Gasteiger partial charge in [-0.15, -0.1) is 0 Å². The van der Waals surface area contributed by atoms with Gasteiger partial charge in [0.15, 0.2) is 0 Å². The van der Waals surface area contributed by atoms with Crippen molar-refractivity contribution in [1.29, 1.82) is 0 Å². The topological polar surface area (TPSA) is 38.3 Å². The number of carbonyl (C=O) groups excluding carboxylic acids is 1. The van der Waals surface area contributed by atoms with Crippen LogP contribution >= 0.6 is 0 Å². The number of methoxy groups -OCH3 is 1. The Balaban J connectivity index is 1.91. The number of hydrogen-bond donors (Lipinski definition) is 1. The van der Waals surface area contributed by atoms with Crippen molar-refractivity contribution in [2.75, 3.05) is 13.7 Å². The average molecular weight is 233 g/mol. The van der Waals surface area contributed by atoms with Crippen molar-refractivity contribution in [3.8, 4) is 0 Å². The molecular formula is C14H19NO2. The fraction of sp³-hybridized carbons (Fsp3) is 0.500. The Hall–Kier alpha value is -1.51. The lowest BCUT2D eigenvalue weighted by Crippen LogP contribution is -2.25. The van der Waals surface area contributed by atoms with E-state index < -0.39 is 0 Å². The molecule has 1 N–H and O–H groups in total. The summed E-state index contributed by atoms with van der Waals surface area (Å²) in [7, 11) is 1.38. The minimum absolute atomic E-state index is 0.358. The van der Waals surface area contributed by atoms with E-state index in [-0.39, 0.29) is 6.09 Å². The van der Waals surface area contributed by atoms with Gasteiger partial charge in [0, 0.05) is 6.54 Å². The second-order valence-corrected chi connectivity index (χ2v) is 4.48. The first-order valence-corrected chi connectivity index (χ1v) is 6.22. The fourth-order valence-electron chi connectivity index (χ4n) is 2.32. The summed E-state index contributed by atoms with van der Waals surface area (Å²) in [5.41, 5.74) is 4.29. The minimum Gasteiger partial charge on any atom is -0.453 e. The smallest absolute Gasteiger partial charge is 0.406 e. The Kier molecular flexibility index (Phi) is 4.02. The van der Waals surface area contributed by atoms with Crippen LogP contribution in [0, 0.1) is 0 Å². The third kappa shape index (κ3) is 3.22. The molecule has 0 spiro atoms. The molecule has 1 aliphatic carbocycles. The highest BCUT2D eigenvalue weighted by atomic mass is 16.5. The van der Waals surface area contributed by atoms with Crippen LogP contribution in [0.2, 0.25) is 0 Å². The highest BCUT2D eigenvalue weighted by Gasteiger charge is 2.09. The number of alkyl carbamates (subject to hydrolysis) is 1. The highest BCUT2D eigenvalue weighted by molar-refractivity contribution is 5.66. The summed E-state index contributed by atoms with van der Waals surface area (Å²) >= 11 is 0. The number of benzene rings is 1. The van der Waals surface area contributed by atoms with E-state index in [2.05, 4.69) is 28.3 Å². The maximum absolute atomic E-state index is 10.9. The van der Waals surface area contributed by atoms with Crippen LogP contribution in [0.25, 0.3) is 0 Å². The van der Waals surface area contributed by atoms with E-state index in [0.29, 0.717) is 6.54 Å². The largest absolute Gasteiger partial charge is 0.453 e. The van der Waals surface area contributed by atoms with E-state index in [1.807, 2.05) is 0 Å². The molecule has 92 valence electrons. The number of rotatable bonds is 3. The molecule has 0 saturated heterocycles. The van der Waals surface area contributed by atoms with E-state index in [1.54, 1.807) is 0 Å². The second-order valence-electron chi connectivity index (χ2n) is 4.48. The molecule has 3 nitrogen and oxygen atoms in total. The first-order valence-electron chi connectivity index (χ1n) is 6.22. The summed E-state index contributed by atoms with van der Waals surface area (Å²) in [6.45, 7) is 0.630. The Morgan fingerprint density at radius 1 is 1.29 bits per heavy atom. The van der Waals surface area contributed by atoms with E-state index in [9.17, 15) is 4.79 Å². The zero-order valence-corrected chi connectivity index (χ0v) is 10.3. The molecule has 0 aliphatic heterocycles. The number of carbonyl (C=O) groups is 1. The molecule has 0 bridgehead atoms. The quantitative estimate of drug-likeness (QED) is 0.871. The van der Waals surface area contributed by atoms with Gasteiger partial charge in [-0.25, -0.2) is 4.79 Å². The standard InChI is InChI=1S/C14H19NO2/c1-17-14(16)15-9-8-11-6-7-12-4-2-3-5-13(12)10-11/h6-7,10H,2-5,8-9H2,1H3,(H,15,16). The lowest BCUT2D eigenvalue weighted by molar-refractivity contribution is 0.171. The zero-order chi connectivity index (χ0) is 12.1. The van der Waals surface area contributed by atoms with Crippen LogP contribution in [0.5, 0.6) is 0 Å². The molecule has 2 rings (SSSR count). The molecule has 0 aromatic heterocycles. The molecule has 1 aromatic rings. The van der Waals surface area contributed by atoms with Gasteiger partial charge in [-0.3, -0.25) is 0 Å². The van der Waals surface area contributed by atoms with Gasteiger partial charge in [0.2, 0.25) is 0 Å². The Labute approximate surface area is 102 Å². The summed E-state index contributed by atoms with van der Waals surface area (Å²) in [6.07, 6.45) is 5.54. The van der Waals surface area contributed by atoms with Crippen LogP contribution in [-0.4, -0.2) is 19.7 Å². The Morgan fingerprint density at radius 3 is 2.82 bits per heavy atom. The Bertz CT molecular complexity index is 401. The molecule has 0 atom stereocenters. The van der Waals surface area contributed by atoms with E-state index in [4.69, 9.17) is 0 Å². The highest BCUT2D eigenvalue weighted by Crippen LogP contribution is 2.22. The number of hydrogen-bond acceptors (Lipinski definition) is 2. The molecule has 0 heterocycles. The molecule has 1 aliphatic rings. The molecule has 17 heavy (non-hydrogen) atoms. The van der Waals surface area contributed by atoms with Gasteiger partial charge in [0.1, 0.15) is 0 Å². The molecule has 0 unspecified atom stereocenters. The normalized spacial score (nSPS) is 13.9. The van der Waals surface area contributed by atoms with Gasteiger partial charge in [-0.1, -0.05) is 18.2 Å². The van der Waals surface area contributed by atoms with E-state index in [0.717, 1.165) is 6.42 Å². The number of nitrogens with one attached hydrogen (secondary N) is 1. The molecular weight excluding hydrogens is 214 g/mol. The van der Waals surface area contributed by atoms with Crippen molar-refractivity contribution in [2.24, 2.45) is 0 Å². The minimum atomic E-state index is -0.358. The van der Waals surface area contributed by atoms with Crippen molar-refractivity contribution in [1.82, 2.24) is 5.32 Å². The number of fused-ring (bicyclic) bond motifs is 1. The average Bonchev–Trinajstić information content (AvgIpc) is 2.38. The van der Waals surface area contributed by atoms with Gasteiger partial charge in [-0.05, 0) is 48.8 Å². The third-order valence-corrected chi connectivity index (χ3v) is 3.28. The summed E-state index contributed by atoms with van der Waals surface area (Å²) in [6, 6.07) is 6.69. The summed E-state index contributed by atoms with van der Waals surface area (Å²) in [5, 5.41) is 2.70. The summed E-state index contributed by atoms with van der Waals surface area (Å²) in [5.74, 6) is 0. The van der Waals surface area contributed by atoms with Gasteiger partial charge in [0.25, 0.3) is 0 Å². The monoisotopic (exact) mass is 233 g/mol. The molecule has 0 fully saturated rings. The van der Waals surface area contributed by atoms with Crippen molar-refractivity contribution >= 4 is 6.09 Å². The first-order chi connectivity index (χ1) is 8.29. The van der Waals surface area contributed by atoms with Crippen molar-refractivity contribution in [2.45, 2.75) is 32.1 Å². The molecule has 0 saturated carbocycles. The summed E-state index contributed by atoms with van der Waals surface area (Å²) in [4.78, 5) is 10.9. The number of aryl methyl sites for hydroxylation is 2. The van der Waals surface area contributed by atoms with Crippen LogP contribution in [0.4, 0.5) is 4.79 Å². The molecule has 3 heteroatoms.